The Balaban J connectivity index is 3.69. The van der Waals surface area contributed by atoms with E-state index in [4.69, 9.17) is 40.4 Å². The third-order valence-corrected chi connectivity index (χ3v) is 16.5. The molecule has 0 aliphatic carbocycles. The Labute approximate surface area is 270 Å². The van der Waals surface area contributed by atoms with Crippen LogP contribution in [0, 0.1) is 11.3 Å². The zero-order valence-electron chi connectivity index (χ0n) is 28.4. The first-order chi connectivity index (χ1) is 20.5. The van der Waals surface area contributed by atoms with Gasteiger partial charge in [0.05, 0.1) is 38.4 Å². The summed E-state index contributed by atoms with van der Waals surface area (Å²) in [5.41, 5.74) is -2.14. The van der Waals surface area contributed by atoms with Crippen molar-refractivity contribution >= 4 is 38.2 Å². The van der Waals surface area contributed by atoms with Crippen molar-refractivity contribution in [2.24, 2.45) is 0 Å². The number of halogens is 3. The van der Waals surface area contributed by atoms with Gasteiger partial charge in [-0.1, -0.05) is 20.8 Å². The summed E-state index contributed by atoms with van der Waals surface area (Å²) >= 11 is 0. The van der Waals surface area contributed by atoms with Gasteiger partial charge in [0.1, 0.15) is 13.6 Å². The molecule has 18 heteroatoms. The molecular formula is C27H51BF3N3O8P2Si. The Morgan fingerprint density at radius 3 is 2.13 bits per heavy atom. The molecule has 1 amide bonds. The van der Waals surface area contributed by atoms with E-state index in [1.165, 1.54) is 0 Å². The van der Waals surface area contributed by atoms with Crippen LogP contribution in [0.1, 0.15) is 81.6 Å². The number of nitrogens with zero attached hydrogens (tertiary/aromatic N) is 2. The SMILES string of the molecule is [B][C@@H]1O[C@](CC(O[Si](C)(C)C(C)(C)C)P(=O)(OCC)OCC)(NC(=O)C(F)(F)F)CC1OP(OCCC#N)N(C(C)C)C(C)C. The lowest BCUT2D eigenvalue weighted by Crippen LogP contribution is -2.56. The molecule has 0 bridgehead atoms. The van der Waals surface area contributed by atoms with E-state index < -0.39 is 71.7 Å². The Kier molecular flexibility index (Phi) is 16.2. The van der Waals surface area contributed by atoms with E-state index in [0.717, 1.165) is 0 Å². The molecule has 3 unspecified atom stereocenters. The largest absolute Gasteiger partial charge is 0.471 e. The number of carbonyl (C=O) groups is 1. The summed E-state index contributed by atoms with van der Waals surface area (Å²) in [4.78, 5) is 12.4. The maximum atomic E-state index is 14.2. The summed E-state index contributed by atoms with van der Waals surface area (Å²) in [5, 5.41) is 10.6. The molecule has 1 heterocycles. The Hall–Kier alpha value is -0.588. The van der Waals surface area contributed by atoms with Crippen molar-refractivity contribution in [1.82, 2.24) is 9.99 Å². The van der Waals surface area contributed by atoms with E-state index >= 15 is 0 Å². The number of hydrogen-bond donors (Lipinski definition) is 1. The lowest BCUT2D eigenvalue weighted by atomic mass is 9.93. The van der Waals surface area contributed by atoms with Crippen molar-refractivity contribution < 1.29 is 49.8 Å². The highest BCUT2D eigenvalue weighted by molar-refractivity contribution is 7.54. The first kappa shape index (κ1) is 42.4. The fraction of sp³-hybridized carbons (Fsp3) is 0.926. The topological polar surface area (TPSA) is 129 Å². The quantitative estimate of drug-likeness (QED) is 0.0911. The molecule has 1 aliphatic heterocycles. The van der Waals surface area contributed by atoms with E-state index in [2.05, 4.69) is 0 Å². The van der Waals surface area contributed by atoms with Gasteiger partial charge >= 0.3 is 19.7 Å². The average molecular weight is 704 g/mol. The molecule has 1 N–H and O–H groups in total. The van der Waals surface area contributed by atoms with E-state index in [0.29, 0.717) is 0 Å². The van der Waals surface area contributed by atoms with Gasteiger partial charge in [-0.25, -0.2) is 4.67 Å². The number of amides is 1. The third kappa shape index (κ3) is 12.1. The van der Waals surface area contributed by atoms with E-state index in [1.807, 2.05) is 77.6 Å². The van der Waals surface area contributed by atoms with Gasteiger partial charge in [0, 0.05) is 30.9 Å². The lowest BCUT2D eigenvalue weighted by Gasteiger charge is -2.43. The second-order valence-corrected chi connectivity index (χ2v) is 21.2. The van der Waals surface area contributed by atoms with Gasteiger partial charge in [0.15, 0.2) is 14.2 Å². The molecule has 1 saturated heterocycles. The lowest BCUT2D eigenvalue weighted by molar-refractivity contribution is -0.183. The smallest absolute Gasteiger partial charge is 0.403 e. The van der Waals surface area contributed by atoms with Gasteiger partial charge in [0.25, 0.3) is 8.53 Å². The van der Waals surface area contributed by atoms with Crippen molar-refractivity contribution in [3.05, 3.63) is 0 Å². The Morgan fingerprint density at radius 2 is 1.71 bits per heavy atom. The van der Waals surface area contributed by atoms with Crippen molar-refractivity contribution in [1.29, 1.82) is 5.26 Å². The van der Waals surface area contributed by atoms with Crippen LogP contribution in [-0.2, 0) is 36.6 Å². The molecule has 1 fully saturated rings. The maximum Gasteiger partial charge on any atom is 0.471 e. The van der Waals surface area contributed by atoms with Crippen LogP contribution in [0.25, 0.3) is 0 Å². The summed E-state index contributed by atoms with van der Waals surface area (Å²) < 4.78 is 93.1. The number of carbonyl (C=O) groups excluding carboxylic acids is 1. The van der Waals surface area contributed by atoms with Crippen molar-refractivity contribution in [3.63, 3.8) is 0 Å². The molecule has 45 heavy (non-hydrogen) atoms. The summed E-state index contributed by atoms with van der Waals surface area (Å²) in [6.45, 7) is 20.5. The summed E-state index contributed by atoms with van der Waals surface area (Å²) in [7, 11) is -2.45. The van der Waals surface area contributed by atoms with Gasteiger partial charge in [-0.3, -0.25) is 9.36 Å². The minimum absolute atomic E-state index is 0.0345. The van der Waals surface area contributed by atoms with Crippen LogP contribution < -0.4 is 5.32 Å². The van der Waals surface area contributed by atoms with Crippen LogP contribution in [0.2, 0.25) is 18.1 Å². The molecule has 0 aromatic rings. The average Bonchev–Trinajstić information content (AvgIpc) is 3.16. The van der Waals surface area contributed by atoms with Gasteiger partial charge < -0.3 is 32.6 Å². The van der Waals surface area contributed by atoms with Crippen LogP contribution in [-0.4, -0.2) is 88.5 Å². The summed E-state index contributed by atoms with van der Waals surface area (Å²) in [5.74, 6) is -3.70. The van der Waals surface area contributed by atoms with Crippen LogP contribution >= 0.6 is 16.1 Å². The predicted octanol–water partition coefficient (Wildman–Crippen LogP) is 6.94. The van der Waals surface area contributed by atoms with Crippen LogP contribution in [0.3, 0.4) is 0 Å². The van der Waals surface area contributed by atoms with Crippen molar-refractivity contribution in [3.8, 4) is 6.07 Å². The maximum absolute atomic E-state index is 14.2. The second-order valence-electron chi connectivity index (χ2n) is 12.8. The van der Waals surface area contributed by atoms with Crippen LogP contribution in [0.15, 0.2) is 0 Å². The van der Waals surface area contributed by atoms with E-state index in [9.17, 15) is 22.5 Å². The molecule has 1 rings (SSSR count). The standard InChI is InChI=1S/C27H51BF3N3O8P2Si/c1-12-38-44(36,39-13-2)22(42-45(10,11)25(7,8)9)18-26(33-24(35)27(29,30)31)17-21(23(28)40-26)41-43(37-16-14-15-32)34(19(3)4)20(5)6/h19-23H,12-14,16-18H2,1-11H3,(H,33,35)/t21?,22?,23-,26-,43?/m1/s1. The van der Waals surface area contributed by atoms with Gasteiger partial charge in [-0.15, -0.1) is 0 Å². The first-order valence-corrected chi connectivity index (χ1v) is 20.8. The second kappa shape index (κ2) is 17.2. The number of nitrogens with one attached hydrogen (secondary N) is 1. The van der Waals surface area contributed by atoms with Gasteiger partial charge in [-0.2, -0.15) is 18.4 Å². The van der Waals surface area contributed by atoms with Crippen molar-refractivity contribution in [2.45, 2.75) is 142 Å². The Bertz CT molecular complexity index is 1030. The molecule has 0 saturated carbocycles. The monoisotopic (exact) mass is 703 g/mol. The molecule has 260 valence electrons. The number of hydrogen-bond acceptors (Lipinski definition) is 10. The first-order valence-electron chi connectivity index (χ1n) is 15.1. The number of nitriles is 1. The van der Waals surface area contributed by atoms with Gasteiger partial charge in [0.2, 0.25) is 0 Å². The molecule has 0 spiro atoms. The third-order valence-electron chi connectivity index (χ3n) is 7.46. The minimum Gasteiger partial charge on any atom is -0.403 e. The van der Waals surface area contributed by atoms with E-state index in [1.54, 1.807) is 13.8 Å². The zero-order valence-corrected chi connectivity index (χ0v) is 31.2. The van der Waals surface area contributed by atoms with Crippen LogP contribution in [0.4, 0.5) is 13.2 Å². The summed E-state index contributed by atoms with van der Waals surface area (Å²) in [6.07, 6.45) is -7.16. The molecule has 5 atom stereocenters. The van der Waals surface area contributed by atoms with Crippen molar-refractivity contribution in [2.75, 3.05) is 19.8 Å². The molecule has 0 aromatic carbocycles. The predicted molar refractivity (Wildman–Crippen MR) is 170 cm³/mol. The molecule has 2 radical (unpaired) electrons. The normalized spacial score (nSPS) is 23.0. The fourth-order valence-electron chi connectivity index (χ4n) is 4.45. The highest BCUT2D eigenvalue weighted by Crippen LogP contribution is 2.59. The summed E-state index contributed by atoms with van der Waals surface area (Å²) in [6, 6.07) is 0.537. The minimum atomic E-state index is -5.27. The van der Waals surface area contributed by atoms with E-state index in [-0.39, 0.29) is 44.7 Å². The fourth-order valence-corrected chi connectivity index (χ4v) is 10.3. The Morgan fingerprint density at radius 1 is 1.18 bits per heavy atom. The molecular weight excluding hydrogens is 652 g/mol. The number of rotatable bonds is 18. The molecule has 1 aliphatic rings. The van der Waals surface area contributed by atoms with Gasteiger partial charge in [-0.05, 0) is 59.7 Å². The highest BCUT2D eigenvalue weighted by atomic mass is 31.2. The number of alkyl halides is 3. The van der Waals surface area contributed by atoms with Crippen LogP contribution in [0.5, 0.6) is 0 Å². The molecule has 0 aromatic heterocycles. The highest BCUT2D eigenvalue weighted by Gasteiger charge is 2.56. The zero-order chi connectivity index (χ0) is 35.0. The molecule has 11 nitrogen and oxygen atoms in total. The number of ether oxygens (including phenoxy) is 1.